The number of piperidine rings is 1. The summed E-state index contributed by atoms with van der Waals surface area (Å²) in [6.07, 6.45) is 5.49. The molecule has 1 aliphatic rings. The minimum atomic E-state index is -0.0858. The van der Waals surface area contributed by atoms with Crippen LogP contribution >= 0.6 is 0 Å². The van der Waals surface area contributed by atoms with Crippen LogP contribution in [0.15, 0.2) is 24.5 Å². The Labute approximate surface area is 132 Å². The number of carbonyl (C=O) groups excluding carboxylic acids is 1. The van der Waals surface area contributed by atoms with E-state index in [0.29, 0.717) is 19.1 Å². The van der Waals surface area contributed by atoms with Gasteiger partial charge in [0.1, 0.15) is 11.9 Å². The molecule has 1 saturated heterocycles. The summed E-state index contributed by atoms with van der Waals surface area (Å²) in [4.78, 5) is 18.2. The van der Waals surface area contributed by atoms with Crippen LogP contribution in [0, 0.1) is 0 Å². The Hall–Kier alpha value is -1.66. The highest BCUT2D eigenvalue weighted by atomic mass is 16.5. The second kappa shape index (κ2) is 8.70. The van der Waals surface area contributed by atoms with Gasteiger partial charge in [-0.2, -0.15) is 0 Å². The molecule has 2 rings (SSSR count). The Bertz CT molecular complexity index is 449. The molecule has 22 heavy (non-hydrogen) atoms. The van der Waals surface area contributed by atoms with Crippen LogP contribution in [0.4, 0.5) is 0 Å². The van der Waals surface area contributed by atoms with Gasteiger partial charge in [0, 0.05) is 12.2 Å². The number of hydrogen-bond acceptors (Lipinski definition) is 5. The van der Waals surface area contributed by atoms with Crippen molar-refractivity contribution in [3.05, 3.63) is 24.5 Å². The number of nitrogens with one attached hydrogen (secondary N) is 2. The zero-order valence-electron chi connectivity index (χ0n) is 13.4. The number of rotatable bonds is 7. The predicted octanol–water partition coefficient (Wildman–Crippen LogP) is 0.649. The van der Waals surface area contributed by atoms with Gasteiger partial charge in [-0.3, -0.25) is 14.7 Å². The Kier molecular flexibility index (Phi) is 6.61. The first-order chi connectivity index (χ1) is 10.6. The molecule has 0 saturated carbocycles. The van der Waals surface area contributed by atoms with Crippen LogP contribution in [0.3, 0.4) is 0 Å². The van der Waals surface area contributed by atoms with Crippen molar-refractivity contribution in [2.45, 2.75) is 31.9 Å². The number of carbonyl (C=O) groups is 1. The Morgan fingerprint density at radius 2 is 2.32 bits per heavy atom. The number of pyridine rings is 1. The Morgan fingerprint density at radius 3 is 3.00 bits per heavy atom. The van der Waals surface area contributed by atoms with Crippen molar-refractivity contribution in [1.29, 1.82) is 0 Å². The lowest BCUT2D eigenvalue weighted by molar-refractivity contribution is -0.122. The molecule has 0 radical (unpaired) electrons. The molecule has 6 nitrogen and oxygen atoms in total. The minimum Gasteiger partial charge on any atom is -0.487 e. The van der Waals surface area contributed by atoms with Gasteiger partial charge in [-0.05, 0) is 52.0 Å². The summed E-state index contributed by atoms with van der Waals surface area (Å²) in [5.74, 6) is 0.763. The zero-order chi connectivity index (χ0) is 15.8. The lowest BCUT2D eigenvalue weighted by atomic mass is 10.1. The van der Waals surface area contributed by atoms with Crippen molar-refractivity contribution in [1.82, 2.24) is 20.5 Å². The molecule has 0 aliphatic carbocycles. The van der Waals surface area contributed by atoms with Crippen LogP contribution in [0.1, 0.15) is 19.8 Å². The normalized spacial score (nSPS) is 17.2. The molecule has 0 spiro atoms. The van der Waals surface area contributed by atoms with Crippen LogP contribution in [-0.2, 0) is 4.79 Å². The van der Waals surface area contributed by atoms with E-state index >= 15 is 0 Å². The van der Waals surface area contributed by atoms with Gasteiger partial charge in [-0.15, -0.1) is 0 Å². The zero-order valence-corrected chi connectivity index (χ0v) is 13.4. The summed E-state index contributed by atoms with van der Waals surface area (Å²) in [7, 11) is 2.02. The third-order valence-electron chi connectivity index (χ3n) is 3.88. The van der Waals surface area contributed by atoms with Crippen molar-refractivity contribution >= 4 is 5.91 Å². The van der Waals surface area contributed by atoms with E-state index in [9.17, 15) is 4.79 Å². The highest BCUT2D eigenvalue weighted by Crippen LogP contribution is 2.10. The summed E-state index contributed by atoms with van der Waals surface area (Å²) in [6.45, 7) is 4.93. The summed E-state index contributed by atoms with van der Waals surface area (Å²) >= 11 is 0. The number of amides is 1. The van der Waals surface area contributed by atoms with Crippen molar-refractivity contribution in [3.63, 3.8) is 0 Å². The fourth-order valence-electron chi connectivity index (χ4n) is 2.61. The maximum Gasteiger partial charge on any atom is 0.234 e. The second-order valence-corrected chi connectivity index (χ2v) is 5.82. The van der Waals surface area contributed by atoms with E-state index in [4.69, 9.17) is 4.74 Å². The molecule has 1 atom stereocenters. The minimum absolute atomic E-state index is 0.0441. The van der Waals surface area contributed by atoms with Crippen LogP contribution in [0.5, 0.6) is 5.75 Å². The maximum absolute atomic E-state index is 12.0. The Balaban J connectivity index is 1.66. The standard InChI is InChI=1S/C16H26N4O2/c1-13(22-15-4-3-7-18-11-15)10-19-16(21)12-20(2)14-5-8-17-9-6-14/h3-4,7,11,13-14,17H,5-6,8-10,12H2,1-2H3,(H,19,21). The molecule has 6 heteroatoms. The quantitative estimate of drug-likeness (QED) is 0.774. The molecular formula is C16H26N4O2. The second-order valence-electron chi connectivity index (χ2n) is 5.82. The van der Waals surface area contributed by atoms with Gasteiger partial charge >= 0.3 is 0 Å². The number of likely N-dealkylation sites (N-methyl/N-ethyl adjacent to an activating group) is 1. The van der Waals surface area contributed by atoms with Gasteiger partial charge in [-0.1, -0.05) is 0 Å². The molecule has 1 aromatic heterocycles. The summed E-state index contributed by atoms with van der Waals surface area (Å²) in [6, 6.07) is 4.18. The molecule has 0 aromatic carbocycles. The van der Waals surface area contributed by atoms with Crippen molar-refractivity contribution < 1.29 is 9.53 Å². The third kappa shape index (κ3) is 5.61. The lowest BCUT2D eigenvalue weighted by Crippen LogP contribution is -2.46. The van der Waals surface area contributed by atoms with Crippen molar-refractivity contribution in [2.75, 3.05) is 33.2 Å². The van der Waals surface area contributed by atoms with E-state index in [-0.39, 0.29) is 12.0 Å². The lowest BCUT2D eigenvalue weighted by Gasteiger charge is -2.31. The third-order valence-corrected chi connectivity index (χ3v) is 3.88. The van der Waals surface area contributed by atoms with Gasteiger partial charge < -0.3 is 15.4 Å². The first-order valence-electron chi connectivity index (χ1n) is 7.89. The fraction of sp³-hybridized carbons (Fsp3) is 0.625. The van der Waals surface area contributed by atoms with Crippen LogP contribution < -0.4 is 15.4 Å². The van der Waals surface area contributed by atoms with Crippen LogP contribution in [0.2, 0.25) is 0 Å². The molecule has 0 bridgehead atoms. The Morgan fingerprint density at radius 1 is 1.55 bits per heavy atom. The summed E-state index contributed by atoms with van der Waals surface area (Å²) in [5, 5.41) is 6.27. The molecule has 1 fully saturated rings. The first-order valence-corrected chi connectivity index (χ1v) is 7.89. The summed E-state index contributed by atoms with van der Waals surface area (Å²) < 4.78 is 5.69. The number of ether oxygens (including phenoxy) is 1. The first kappa shape index (κ1) is 16.7. The monoisotopic (exact) mass is 306 g/mol. The molecule has 1 unspecified atom stereocenters. The molecule has 1 aromatic rings. The largest absolute Gasteiger partial charge is 0.487 e. The van der Waals surface area contributed by atoms with E-state index in [1.54, 1.807) is 12.4 Å². The van der Waals surface area contributed by atoms with E-state index in [1.165, 1.54) is 0 Å². The van der Waals surface area contributed by atoms with Gasteiger partial charge in [0.05, 0.1) is 19.3 Å². The maximum atomic E-state index is 12.0. The topological polar surface area (TPSA) is 66.5 Å². The molecule has 1 amide bonds. The fourth-order valence-corrected chi connectivity index (χ4v) is 2.61. The van der Waals surface area contributed by atoms with Gasteiger partial charge in [0.25, 0.3) is 0 Å². The average molecular weight is 306 g/mol. The van der Waals surface area contributed by atoms with Crippen LogP contribution in [-0.4, -0.2) is 61.2 Å². The number of aromatic nitrogens is 1. The van der Waals surface area contributed by atoms with Crippen molar-refractivity contribution in [3.8, 4) is 5.75 Å². The number of hydrogen-bond donors (Lipinski definition) is 2. The van der Waals surface area contributed by atoms with Gasteiger partial charge in [0.15, 0.2) is 0 Å². The average Bonchev–Trinajstić information content (AvgIpc) is 2.55. The van der Waals surface area contributed by atoms with Crippen molar-refractivity contribution in [2.24, 2.45) is 0 Å². The molecular weight excluding hydrogens is 280 g/mol. The molecule has 1 aliphatic heterocycles. The molecule has 2 heterocycles. The summed E-state index contributed by atoms with van der Waals surface area (Å²) in [5.41, 5.74) is 0. The molecule has 2 N–H and O–H groups in total. The van der Waals surface area contributed by atoms with E-state index in [2.05, 4.69) is 20.5 Å². The van der Waals surface area contributed by atoms with E-state index in [0.717, 1.165) is 31.7 Å². The predicted molar refractivity (Wildman–Crippen MR) is 85.9 cm³/mol. The molecule has 122 valence electrons. The highest BCUT2D eigenvalue weighted by Gasteiger charge is 2.19. The van der Waals surface area contributed by atoms with E-state index in [1.807, 2.05) is 26.1 Å². The van der Waals surface area contributed by atoms with Crippen LogP contribution in [0.25, 0.3) is 0 Å². The number of nitrogens with zero attached hydrogens (tertiary/aromatic N) is 2. The SMILES string of the molecule is CC(CNC(=O)CN(C)C1CCNCC1)Oc1cccnc1. The van der Waals surface area contributed by atoms with E-state index < -0.39 is 0 Å². The van der Waals surface area contributed by atoms with Gasteiger partial charge in [0.2, 0.25) is 5.91 Å². The van der Waals surface area contributed by atoms with Gasteiger partial charge in [-0.25, -0.2) is 0 Å². The highest BCUT2D eigenvalue weighted by molar-refractivity contribution is 5.78. The smallest absolute Gasteiger partial charge is 0.234 e.